The number of nitrogens with one attached hydrogen (secondary N) is 1. The number of carbonyl (C=O) groups excluding carboxylic acids is 2. The molecule has 0 aliphatic heterocycles. The van der Waals surface area contributed by atoms with Gasteiger partial charge in [0.1, 0.15) is 6.04 Å². The second kappa shape index (κ2) is 11.0. The molecule has 0 aliphatic carbocycles. The van der Waals surface area contributed by atoms with E-state index in [1.54, 1.807) is 17.0 Å². The Labute approximate surface area is 179 Å². The van der Waals surface area contributed by atoms with Gasteiger partial charge in [-0.25, -0.2) is 0 Å². The van der Waals surface area contributed by atoms with E-state index in [2.05, 4.69) is 19.2 Å². The number of benzene rings is 2. The Balaban J connectivity index is 2.36. The van der Waals surface area contributed by atoms with Gasteiger partial charge >= 0.3 is 0 Å². The van der Waals surface area contributed by atoms with Crippen LogP contribution in [0.4, 0.5) is 0 Å². The highest BCUT2D eigenvalue weighted by Gasteiger charge is 2.31. The van der Waals surface area contributed by atoms with Crippen molar-refractivity contribution in [3.8, 4) is 0 Å². The minimum atomic E-state index is -0.582. The molecule has 0 aliphatic rings. The van der Waals surface area contributed by atoms with Crippen LogP contribution in [0.1, 0.15) is 38.8 Å². The second-order valence-corrected chi connectivity index (χ2v) is 8.53. The van der Waals surface area contributed by atoms with E-state index >= 15 is 0 Å². The molecule has 1 atom stereocenters. The fourth-order valence-corrected chi connectivity index (χ4v) is 3.19. The van der Waals surface area contributed by atoms with E-state index < -0.39 is 6.04 Å². The highest BCUT2D eigenvalue weighted by molar-refractivity contribution is 6.30. The van der Waals surface area contributed by atoms with Gasteiger partial charge in [-0.15, -0.1) is 0 Å². The van der Waals surface area contributed by atoms with Crippen molar-refractivity contribution in [3.63, 3.8) is 0 Å². The third-order valence-corrected chi connectivity index (χ3v) is 4.93. The van der Waals surface area contributed by atoms with Crippen LogP contribution in [-0.2, 0) is 22.6 Å². The van der Waals surface area contributed by atoms with Gasteiger partial charge in [0.2, 0.25) is 11.8 Å². The number of hydrogen-bond donors (Lipinski definition) is 1. The van der Waals surface area contributed by atoms with Crippen molar-refractivity contribution in [1.29, 1.82) is 0 Å². The molecule has 0 saturated carbocycles. The van der Waals surface area contributed by atoms with Gasteiger partial charge in [-0.3, -0.25) is 9.59 Å². The van der Waals surface area contributed by atoms with Gasteiger partial charge in [-0.1, -0.05) is 81.8 Å². The molecule has 2 aromatic rings. The summed E-state index contributed by atoms with van der Waals surface area (Å²) in [7, 11) is 0. The van der Waals surface area contributed by atoms with Crippen molar-refractivity contribution in [3.05, 3.63) is 70.7 Å². The maximum Gasteiger partial charge on any atom is 0.243 e. The molecule has 2 amide bonds. The average Bonchev–Trinajstić information content (AvgIpc) is 2.70. The summed E-state index contributed by atoms with van der Waals surface area (Å²) >= 11 is 6.01. The lowest BCUT2D eigenvalue weighted by molar-refractivity contribution is -0.143. The summed E-state index contributed by atoms with van der Waals surface area (Å²) in [6, 6.07) is 16.7. The zero-order valence-electron chi connectivity index (χ0n) is 17.7. The molecular weight excluding hydrogens is 384 g/mol. The molecule has 0 fully saturated rings. The molecule has 29 heavy (non-hydrogen) atoms. The van der Waals surface area contributed by atoms with Gasteiger partial charge in [-0.05, 0) is 29.2 Å². The van der Waals surface area contributed by atoms with Crippen molar-refractivity contribution >= 4 is 23.4 Å². The van der Waals surface area contributed by atoms with E-state index in [1.165, 1.54) is 0 Å². The van der Waals surface area contributed by atoms with Crippen LogP contribution in [0, 0.1) is 11.8 Å². The Kier molecular flexibility index (Phi) is 8.71. The third-order valence-electron chi connectivity index (χ3n) is 4.68. The molecule has 2 rings (SSSR count). The molecule has 0 bridgehead atoms. The lowest BCUT2D eigenvalue weighted by Crippen LogP contribution is -2.52. The van der Waals surface area contributed by atoms with Crippen molar-refractivity contribution < 1.29 is 9.59 Å². The molecule has 0 unspecified atom stereocenters. The van der Waals surface area contributed by atoms with Gasteiger partial charge in [-0.2, -0.15) is 0 Å². The second-order valence-electron chi connectivity index (χ2n) is 8.09. The van der Waals surface area contributed by atoms with Crippen LogP contribution in [0.25, 0.3) is 0 Å². The maximum absolute atomic E-state index is 13.1. The Bertz CT molecular complexity index is 788. The average molecular weight is 415 g/mol. The quantitative estimate of drug-likeness (QED) is 0.646. The first-order chi connectivity index (χ1) is 13.8. The van der Waals surface area contributed by atoms with Crippen LogP contribution in [-0.4, -0.2) is 29.3 Å². The van der Waals surface area contributed by atoms with Crippen LogP contribution in [0.2, 0.25) is 5.02 Å². The van der Waals surface area contributed by atoms with E-state index in [1.807, 2.05) is 56.3 Å². The number of carbonyl (C=O) groups is 2. The third kappa shape index (κ3) is 7.21. The molecule has 5 heteroatoms. The standard InChI is InChI=1S/C24H31ClN2O2/c1-17(2)15-26-23(28)22(14-19-8-6-5-7-9-19)27(24(29)18(3)4)16-20-10-12-21(25)13-11-20/h5-13,17-18,22H,14-16H2,1-4H3,(H,26,28)/t22-/m1/s1. The molecule has 0 aromatic heterocycles. The zero-order chi connectivity index (χ0) is 21.4. The summed E-state index contributed by atoms with van der Waals surface area (Å²) in [5.41, 5.74) is 1.97. The number of hydrogen-bond acceptors (Lipinski definition) is 2. The predicted molar refractivity (Wildman–Crippen MR) is 119 cm³/mol. The highest BCUT2D eigenvalue weighted by Crippen LogP contribution is 2.18. The minimum Gasteiger partial charge on any atom is -0.354 e. The monoisotopic (exact) mass is 414 g/mol. The summed E-state index contributed by atoms with van der Waals surface area (Å²) in [4.78, 5) is 28.0. The fourth-order valence-electron chi connectivity index (χ4n) is 3.06. The van der Waals surface area contributed by atoms with E-state index in [-0.39, 0.29) is 17.7 Å². The van der Waals surface area contributed by atoms with Crippen LogP contribution >= 0.6 is 11.6 Å². The number of amides is 2. The number of nitrogens with zero attached hydrogens (tertiary/aromatic N) is 1. The largest absolute Gasteiger partial charge is 0.354 e. The lowest BCUT2D eigenvalue weighted by atomic mass is 10.0. The summed E-state index contributed by atoms with van der Waals surface area (Å²) in [5.74, 6) is -0.0357. The summed E-state index contributed by atoms with van der Waals surface area (Å²) < 4.78 is 0. The number of halogens is 1. The summed E-state index contributed by atoms with van der Waals surface area (Å²) in [6.45, 7) is 8.77. The van der Waals surface area contributed by atoms with E-state index in [0.29, 0.717) is 30.5 Å². The first-order valence-corrected chi connectivity index (χ1v) is 10.5. The maximum atomic E-state index is 13.1. The van der Waals surface area contributed by atoms with Crippen molar-refractivity contribution in [2.75, 3.05) is 6.54 Å². The number of rotatable bonds is 9. The Morgan fingerprint density at radius 2 is 1.55 bits per heavy atom. The van der Waals surface area contributed by atoms with Crippen molar-refractivity contribution in [2.24, 2.45) is 11.8 Å². The molecule has 2 aromatic carbocycles. The first-order valence-electron chi connectivity index (χ1n) is 10.1. The van der Waals surface area contributed by atoms with E-state index in [0.717, 1.165) is 11.1 Å². The summed E-state index contributed by atoms with van der Waals surface area (Å²) in [6.07, 6.45) is 0.469. The molecular formula is C24H31ClN2O2. The SMILES string of the molecule is CC(C)CNC(=O)[C@@H](Cc1ccccc1)N(Cc1ccc(Cl)cc1)C(=O)C(C)C. The van der Waals surface area contributed by atoms with Gasteiger partial charge in [0.15, 0.2) is 0 Å². The van der Waals surface area contributed by atoms with Gasteiger partial charge < -0.3 is 10.2 Å². The molecule has 0 spiro atoms. The molecule has 4 nitrogen and oxygen atoms in total. The van der Waals surface area contributed by atoms with Crippen LogP contribution in [0.15, 0.2) is 54.6 Å². The Morgan fingerprint density at radius 1 is 0.931 bits per heavy atom. The van der Waals surface area contributed by atoms with E-state index in [4.69, 9.17) is 11.6 Å². The minimum absolute atomic E-state index is 0.0411. The molecule has 1 N–H and O–H groups in total. The molecule has 0 radical (unpaired) electrons. The van der Waals surface area contributed by atoms with Gasteiger partial charge in [0, 0.05) is 30.5 Å². The predicted octanol–water partition coefficient (Wildman–Crippen LogP) is 4.71. The topological polar surface area (TPSA) is 49.4 Å². The molecule has 0 saturated heterocycles. The Hall–Kier alpha value is -2.33. The van der Waals surface area contributed by atoms with Crippen molar-refractivity contribution in [1.82, 2.24) is 10.2 Å². The van der Waals surface area contributed by atoms with E-state index in [9.17, 15) is 9.59 Å². The summed E-state index contributed by atoms with van der Waals surface area (Å²) in [5, 5.41) is 3.66. The Morgan fingerprint density at radius 3 is 2.10 bits per heavy atom. The lowest BCUT2D eigenvalue weighted by Gasteiger charge is -2.33. The first kappa shape index (κ1) is 23.0. The van der Waals surface area contributed by atoms with Crippen molar-refractivity contribution in [2.45, 2.75) is 46.7 Å². The smallest absolute Gasteiger partial charge is 0.243 e. The normalized spacial score (nSPS) is 12.1. The van der Waals surface area contributed by atoms with Crippen LogP contribution in [0.3, 0.4) is 0 Å². The molecule has 0 heterocycles. The van der Waals surface area contributed by atoms with Crippen LogP contribution in [0.5, 0.6) is 0 Å². The van der Waals surface area contributed by atoms with Crippen LogP contribution < -0.4 is 5.32 Å². The molecule has 156 valence electrons. The fraction of sp³-hybridized carbons (Fsp3) is 0.417. The zero-order valence-corrected chi connectivity index (χ0v) is 18.4. The van der Waals surface area contributed by atoms with Gasteiger partial charge in [0.25, 0.3) is 0 Å². The van der Waals surface area contributed by atoms with Gasteiger partial charge in [0.05, 0.1) is 0 Å². The highest BCUT2D eigenvalue weighted by atomic mass is 35.5.